The molecule has 0 bridgehead atoms. The number of halogens is 4. The first kappa shape index (κ1) is 10.2. The minimum atomic E-state index is -0.784. The monoisotopic (exact) mass is 406 g/mol. The molecule has 5 heteroatoms. The third kappa shape index (κ3) is 1.87. The molecule has 0 saturated carbocycles. The number of Topliss-reactive ketones (excluding diaryl/α,β-unsaturated/α-hetero) is 1. The lowest BCUT2D eigenvalue weighted by molar-refractivity contribution is -0.114. The summed E-state index contributed by atoms with van der Waals surface area (Å²) in [7, 11) is 0. The van der Waals surface area contributed by atoms with Gasteiger partial charge < -0.3 is 0 Å². The van der Waals surface area contributed by atoms with Crippen molar-refractivity contribution in [1.82, 2.24) is 0 Å². The van der Waals surface area contributed by atoms with Gasteiger partial charge in [-0.3, -0.25) is 4.79 Å². The lowest BCUT2D eigenvalue weighted by Crippen LogP contribution is -2.27. The van der Waals surface area contributed by atoms with E-state index in [1.807, 2.05) is 0 Å². The molecular formula is C6H2Br4O. The van der Waals surface area contributed by atoms with Crippen LogP contribution in [0.1, 0.15) is 0 Å². The summed E-state index contributed by atoms with van der Waals surface area (Å²) in [5.74, 6) is -0.0492. The molecule has 0 N–H and O–H groups in total. The summed E-state index contributed by atoms with van der Waals surface area (Å²) < 4.78 is 0.528. The Morgan fingerprint density at radius 3 is 2.18 bits per heavy atom. The van der Waals surface area contributed by atoms with E-state index in [2.05, 4.69) is 63.7 Å². The molecule has 1 nitrogen and oxygen atoms in total. The lowest BCUT2D eigenvalue weighted by atomic mass is 10.2. The Balaban J connectivity index is 3.14. The third-order valence-corrected chi connectivity index (χ3v) is 5.30. The minimum absolute atomic E-state index is 0.0492. The Hall–Kier alpha value is 1.07. The largest absolute Gasteiger partial charge is 0.291 e. The van der Waals surface area contributed by atoms with Crippen molar-refractivity contribution in [2.24, 2.45) is 0 Å². The number of alkyl halides is 2. The minimum Gasteiger partial charge on any atom is -0.291 e. The van der Waals surface area contributed by atoms with Crippen LogP contribution in [0.5, 0.6) is 0 Å². The third-order valence-electron chi connectivity index (χ3n) is 1.18. The van der Waals surface area contributed by atoms with E-state index >= 15 is 0 Å². The summed E-state index contributed by atoms with van der Waals surface area (Å²) in [5.41, 5.74) is 0. The van der Waals surface area contributed by atoms with Crippen LogP contribution in [0, 0.1) is 0 Å². The van der Waals surface area contributed by atoms with Gasteiger partial charge in [0, 0.05) is 4.48 Å². The van der Waals surface area contributed by atoms with Gasteiger partial charge >= 0.3 is 0 Å². The highest BCUT2D eigenvalue weighted by Gasteiger charge is 2.38. The number of carbonyl (C=O) groups excluding carboxylic acids is 1. The summed E-state index contributed by atoms with van der Waals surface area (Å²) in [6.45, 7) is 0. The summed E-state index contributed by atoms with van der Waals surface area (Å²) in [6, 6.07) is 0. The van der Waals surface area contributed by atoms with E-state index in [-0.39, 0.29) is 5.78 Å². The first-order valence-corrected chi connectivity index (χ1v) is 5.79. The highest BCUT2D eigenvalue weighted by Crippen LogP contribution is 2.44. The average Bonchev–Trinajstić information content (AvgIpc) is 1.95. The van der Waals surface area contributed by atoms with E-state index in [1.165, 1.54) is 0 Å². The lowest BCUT2D eigenvalue weighted by Gasteiger charge is -2.20. The van der Waals surface area contributed by atoms with Gasteiger partial charge in [-0.1, -0.05) is 47.8 Å². The van der Waals surface area contributed by atoms with Gasteiger partial charge in [0.15, 0.2) is 3.23 Å². The Morgan fingerprint density at radius 2 is 1.73 bits per heavy atom. The molecule has 1 aliphatic carbocycles. The molecule has 0 unspecified atom stereocenters. The van der Waals surface area contributed by atoms with Crippen molar-refractivity contribution in [3.63, 3.8) is 0 Å². The zero-order valence-electron chi connectivity index (χ0n) is 5.07. The molecule has 11 heavy (non-hydrogen) atoms. The second-order valence-corrected chi connectivity index (χ2v) is 7.08. The fourth-order valence-corrected chi connectivity index (χ4v) is 2.55. The maximum absolute atomic E-state index is 11.4. The van der Waals surface area contributed by atoms with Gasteiger partial charge in [0.25, 0.3) is 0 Å². The van der Waals surface area contributed by atoms with Gasteiger partial charge in [0.1, 0.15) is 0 Å². The molecule has 0 fully saturated rings. The number of hydrogen-bond acceptors (Lipinski definition) is 1. The van der Waals surface area contributed by atoms with Crippen LogP contribution in [0.3, 0.4) is 0 Å². The molecule has 60 valence electrons. The fourth-order valence-electron chi connectivity index (χ4n) is 0.585. The van der Waals surface area contributed by atoms with E-state index in [0.717, 1.165) is 4.48 Å². The number of hydrogen-bond donors (Lipinski definition) is 0. The van der Waals surface area contributed by atoms with Gasteiger partial charge in [-0.05, 0) is 28.1 Å². The normalized spacial score (nSPS) is 22.7. The van der Waals surface area contributed by atoms with Gasteiger partial charge in [0.2, 0.25) is 5.78 Å². The van der Waals surface area contributed by atoms with Crippen molar-refractivity contribution in [2.45, 2.75) is 3.23 Å². The first-order chi connectivity index (χ1) is 4.96. The molecule has 1 aliphatic rings. The second kappa shape index (κ2) is 3.44. The van der Waals surface area contributed by atoms with Crippen LogP contribution in [0.4, 0.5) is 0 Å². The molecule has 0 saturated heterocycles. The zero-order valence-corrected chi connectivity index (χ0v) is 11.4. The molecule has 0 aromatic rings. The van der Waals surface area contributed by atoms with Crippen LogP contribution in [0.25, 0.3) is 0 Å². The van der Waals surface area contributed by atoms with Crippen molar-refractivity contribution >= 4 is 69.5 Å². The van der Waals surface area contributed by atoms with E-state index in [1.54, 1.807) is 12.2 Å². The van der Waals surface area contributed by atoms with Crippen molar-refractivity contribution in [3.8, 4) is 0 Å². The SMILES string of the molecule is O=C1C(Br)=CC=C(Br)C1(Br)Br. The summed E-state index contributed by atoms with van der Waals surface area (Å²) >= 11 is 12.9. The number of carbonyl (C=O) groups is 1. The second-order valence-electron chi connectivity index (χ2n) is 1.93. The van der Waals surface area contributed by atoms with E-state index in [9.17, 15) is 4.79 Å². The summed E-state index contributed by atoms with van der Waals surface area (Å²) in [4.78, 5) is 11.4. The average molecular weight is 410 g/mol. The van der Waals surface area contributed by atoms with Crippen molar-refractivity contribution < 1.29 is 4.79 Å². The molecule has 0 spiro atoms. The van der Waals surface area contributed by atoms with Crippen LogP contribution in [-0.2, 0) is 4.79 Å². The molecule has 0 radical (unpaired) electrons. The summed E-state index contributed by atoms with van der Waals surface area (Å²) in [5, 5.41) is 0. The number of ketones is 1. The molecule has 0 heterocycles. The van der Waals surface area contributed by atoms with Gasteiger partial charge in [-0.15, -0.1) is 0 Å². The molecular weight excluding hydrogens is 408 g/mol. The van der Waals surface area contributed by atoms with Gasteiger partial charge in [0.05, 0.1) is 4.48 Å². The molecule has 0 atom stereocenters. The van der Waals surface area contributed by atoms with Crippen LogP contribution in [0.15, 0.2) is 21.1 Å². The number of allylic oxidation sites excluding steroid dienone is 4. The molecule has 0 aromatic carbocycles. The topological polar surface area (TPSA) is 17.1 Å². The van der Waals surface area contributed by atoms with Crippen molar-refractivity contribution in [1.29, 1.82) is 0 Å². The van der Waals surface area contributed by atoms with Crippen LogP contribution in [0.2, 0.25) is 0 Å². The van der Waals surface area contributed by atoms with Gasteiger partial charge in [-0.2, -0.15) is 0 Å². The van der Waals surface area contributed by atoms with Crippen LogP contribution >= 0.6 is 63.7 Å². The first-order valence-electron chi connectivity index (χ1n) is 2.62. The maximum Gasteiger partial charge on any atom is 0.202 e. The predicted molar refractivity (Wildman–Crippen MR) is 59.6 cm³/mol. The van der Waals surface area contributed by atoms with Crippen LogP contribution < -0.4 is 0 Å². The van der Waals surface area contributed by atoms with Crippen molar-refractivity contribution in [2.75, 3.05) is 0 Å². The summed E-state index contributed by atoms with van der Waals surface area (Å²) in [6.07, 6.45) is 3.50. The van der Waals surface area contributed by atoms with E-state index in [4.69, 9.17) is 0 Å². The maximum atomic E-state index is 11.4. The van der Waals surface area contributed by atoms with Gasteiger partial charge in [-0.25, -0.2) is 0 Å². The fraction of sp³-hybridized carbons (Fsp3) is 0.167. The molecule has 0 aliphatic heterocycles. The van der Waals surface area contributed by atoms with E-state index < -0.39 is 3.23 Å². The Kier molecular flexibility index (Phi) is 3.17. The van der Waals surface area contributed by atoms with E-state index in [0.29, 0.717) is 4.48 Å². The van der Waals surface area contributed by atoms with Crippen LogP contribution in [-0.4, -0.2) is 9.02 Å². The zero-order chi connectivity index (χ0) is 8.65. The Labute approximate surface area is 97.8 Å². The standard InChI is InChI=1S/C6H2Br4O/c7-3-1-2-4(8)6(9,10)5(3)11/h1-2H. The Bertz CT molecular complexity index is 260. The molecule has 0 aromatic heterocycles. The quantitative estimate of drug-likeness (QED) is 0.559. The molecule has 1 rings (SSSR count). The van der Waals surface area contributed by atoms with Crippen molar-refractivity contribution in [3.05, 3.63) is 21.1 Å². The smallest absolute Gasteiger partial charge is 0.202 e. The predicted octanol–water partition coefficient (Wildman–Crippen LogP) is 3.61. The highest BCUT2D eigenvalue weighted by molar-refractivity contribution is 9.27. The number of rotatable bonds is 0. The molecule has 0 amide bonds. The highest BCUT2D eigenvalue weighted by atomic mass is 79.9. The Morgan fingerprint density at radius 1 is 1.18 bits per heavy atom.